The summed E-state index contributed by atoms with van der Waals surface area (Å²) in [6, 6.07) is 5.24. The van der Waals surface area contributed by atoms with E-state index in [1.165, 1.54) is 6.07 Å². The van der Waals surface area contributed by atoms with E-state index in [-0.39, 0.29) is 5.82 Å². The summed E-state index contributed by atoms with van der Waals surface area (Å²) in [6.45, 7) is 3.04. The van der Waals surface area contributed by atoms with Crippen LogP contribution in [0.5, 0.6) is 0 Å². The van der Waals surface area contributed by atoms with Crippen LogP contribution >= 0.6 is 11.8 Å². The van der Waals surface area contributed by atoms with Crippen molar-refractivity contribution in [2.24, 2.45) is 0 Å². The molecule has 1 aromatic carbocycles. The topological polar surface area (TPSA) is 12.0 Å². The number of benzene rings is 1. The van der Waals surface area contributed by atoms with Gasteiger partial charge in [0, 0.05) is 16.7 Å². The Morgan fingerprint density at radius 2 is 2.38 bits per heavy atom. The molecular formula is C10H12FNS. The summed E-state index contributed by atoms with van der Waals surface area (Å²) in [7, 11) is 0. The van der Waals surface area contributed by atoms with Gasteiger partial charge in [0.1, 0.15) is 5.82 Å². The summed E-state index contributed by atoms with van der Waals surface area (Å²) in [4.78, 5) is 1.03. The van der Waals surface area contributed by atoms with Gasteiger partial charge in [0.05, 0.1) is 5.69 Å². The lowest BCUT2D eigenvalue weighted by Crippen LogP contribution is -2.04. The maximum atomic E-state index is 13.3. The van der Waals surface area contributed by atoms with Crippen LogP contribution in [0.25, 0.3) is 0 Å². The molecule has 0 amide bonds. The number of nitrogens with one attached hydrogen (secondary N) is 1. The molecule has 70 valence electrons. The summed E-state index contributed by atoms with van der Waals surface area (Å²) in [6.07, 6.45) is 1.08. The third kappa shape index (κ3) is 1.80. The minimum Gasteiger partial charge on any atom is -0.382 e. The van der Waals surface area contributed by atoms with Crippen molar-refractivity contribution in [2.45, 2.75) is 23.5 Å². The van der Waals surface area contributed by atoms with Gasteiger partial charge in [-0.15, -0.1) is 11.8 Å². The van der Waals surface area contributed by atoms with Crippen LogP contribution in [0.2, 0.25) is 0 Å². The van der Waals surface area contributed by atoms with Gasteiger partial charge >= 0.3 is 0 Å². The standard InChI is InChI=1S/C10H12FNS/c1-7-5-6-12-10-8(11)3-2-4-9(10)13-7/h2-4,7,12H,5-6H2,1H3. The fourth-order valence-electron chi connectivity index (χ4n) is 1.45. The van der Waals surface area contributed by atoms with Gasteiger partial charge < -0.3 is 5.32 Å². The van der Waals surface area contributed by atoms with Gasteiger partial charge in [-0.1, -0.05) is 13.0 Å². The Kier molecular flexibility index (Phi) is 2.44. The summed E-state index contributed by atoms with van der Waals surface area (Å²) in [5, 5.41) is 3.69. The molecule has 1 aliphatic rings. The van der Waals surface area contributed by atoms with Gasteiger partial charge in [-0.25, -0.2) is 4.39 Å². The molecule has 2 rings (SSSR count). The van der Waals surface area contributed by atoms with Gasteiger partial charge in [-0.05, 0) is 18.6 Å². The highest BCUT2D eigenvalue weighted by molar-refractivity contribution is 8.00. The summed E-state index contributed by atoms with van der Waals surface area (Å²) in [5.74, 6) is -0.140. The number of anilines is 1. The van der Waals surface area contributed by atoms with Crippen molar-refractivity contribution in [3.8, 4) is 0 Å². The van der Waals surface area contributed by atoms with E-state index in [9.17, 15) is 4.39 Å². The Morgan fingerprint density at radius 3 is 3.23 bits per heavy atom. The first-order valence-corrected chi connectivity index (χ1v) is 5.34. The molecule has 1 aliphatic heterocycles. The van der Waals surface area contributed by atoms with E-state index in [0.717, 1.165) is 17.9 Å². The van der Waals surface area contributed by atoms with Crippen molar-refractivity contribution in [3.05, 3.63) is 24.0 Å². The quantitative estimate of drug-likeness (QED) is 0.685. The smallest absolute Gasteiger partial charge is 0.147 e. The van der Waals surface area contributed by atoms with Crippen LogP contribution in [-0.2, 0) is 0 Å². The predicted molar refractivity (Wildman–Crippen MR) is 54.8 cm³/mol. The summed E-state index contributed by atoms with van der Waals surface area (Å²) in [5.41, 5.74) is 0.678. The minimum absolute atomic E-state index is 0.140. The maximum absolute atomic E-state index is 13.3. The molecule has 1 aromatic rings. The molecule has 0 aromatic heterocycles. The fraction of sp³-hybridized carbons (Fsp3) is 0.400. The third-order valence-electron chi connectivity index (χ3n) is 2.16. The van der Waals surface area contributed by atoms with E-state index in [0.29, 0.717) is 10.9 Å². The maximum Gasteiger partial charge on any atom is 0.147 e. The van der Waals surface area contributed by atoms with Crippen molar-refractivity contribution < 1.29 is 4.39 Å². The van der Waals surface area contributed by atoms with E-state index >= 15 is 0 Å². The molecule has 3 heteroatoms. The third-order valence-corrected chi connectivity index (χ3v) is 3.39. The van der Waals surface area contributed by atoms with Crippen molar-refractivity contribution >= 4 is 17.4 Å². The molecule has 0 spiro atoms. The molecule has 0 fully saturated rings. The number of fused-ring (bicyclic) bond motifs is 1. The normalized spacial score (nSPS) is 21.5. The van der Waals surface area contributed by atoms with Crippen LogP contribution in [0.15, 0.2) is 23.1 Å². The van der Waals surface area contributed by atoms with Crippen LogP contribution in [0, 0.1) is 5.82 Å². The lowest BCUT2D eigenvalue weighted by atomic mass is 10.3. The second kappa shape index (κ2) is 3.58. The van der Waals surface area contributed by atoms with Crippen molar-refractivity contribution in [1.82, 2.24) is 0 Å². The lowest BCUT2D eigenvalue weighted by molar-refractivity contribution is 0.627. The zero-order valence-corrected chi connectivity index (χ0v) is 8.33. The zero-order chi connectivity index (χ0) is 9.26. The number of hydrogen-bond acceptors (Lipinski definition) is 2. The Morgan fingerprint density at radius 1 is 1.54 bits per heavy atom. The molecule has 0 saturated heterocycles. The molecule has 1 heterocycles. The zero-order valence-electron chi connectivity index (χ0n) is 7.51. The van der Waals surface area contributed by atoms with E-state index in [4.69, 9.17) is 0 Å². The van der Waals surface area contributed by atoms with Crippen LogP contribution in [0.3, 0.4) is 0 Å². The average molecular weight is 197 g/mol. The SMILES string of the molecule is CC1CCNc2c(F)cccc2S1. The Bertz CT molecular complexity index is 314. The summed E-state index contributed by atoms with van der Waals surface area (Å²) >= 11 is 1.74. The molecular weight excluding hydrogens is 185 g/mol. The van der Waals surface area contributed by atoms with Gasteiger partial charge in [0.25, 0.3) is 0 Å². The molecule has 13 heavy (non-hydrogen) atoms. The van der Waals surface area contributed by atoms with Crippen molar-refractivity contribution in [3.63, 3.8) is 0 Å². The first kappa shape index (κ1) is 8.88. The van der Waals surface area contributed by atoms with Crippen LogP contribution in [0.4, 0.5) is 10.1 Å². The highest BCUT2D eigenvalue weighted by Crippen LogP contribution is 2.35. The number of para-hydroxylation sites is 1. The number of hydrogen-bond donors (Lipinski definition) is 1. The van der Waals surface area contributed by atoms with Gasteiger partial charge in [-0.3, -0.25) is 0 Å². The summed E-state index contributed by atoms with van der Waals surface area (Å²) < 4.78 is 13.3. The minimum atomic E-state index is -0.140. The van der Waals surface area contributed by atoms with Crippen LogP contribution in [-0.4, -0.2) is 11.8 Å². The molecule has 1 unspecified atom stereocenters. The first-order valence-electron chi connectivity index (χ1n) is 4.46. The molecule has 0 bridgehead atoms. The van der Waals surface area contributed by atoms with Crippen molar-refractivity contribution in [1.29, 1.82) is 0 Å². The Labute approximate surface area is 81.7 Å². The number of halogens is 1. The first-order chi connectivity index (χ1) is 6.27. The van der Waals surface area contributed by atoms with E-state index in [1.807, 2.05) is 6.07 Å². The average Bonchev–Trinajstić information content (AvgIpc) is 2.27. The molecule has 1 N–H and O–H groups in total. The van der Waals surface area contributed by atoms with Crippen molar-refractivity contribution in [2.75, 3.05) is 11.9 Å². The van der Waals surface area contributed by atoms with E-state index in [2.05, 4.69) is 12.2 Å². The monoisotopic (exact) mass is 197 g/mol. The van der Waals surface area contributed by atoms with Gasteiger partial charge in [0.15, 0.2) is 0 Å². The molecule has 0 aliphatic carbocycles. The van der Waals surface area contributed by atoms with E-state index in [1.54, 1.807) is 17.8 Å². The largest absolute Gasteiger partial charge is 0.382 e. The molecule has 1 nitrogen and oxygen atoms in total. The Hall–Kier alpha value is -0.700. The number of rotatable bonds is 0. The molecule has 0 radical (unpaired) electrons. The predicted octanol–water partition coefficient (Wildman–Crippen LogP) is 3.12. The second-order valence-electron chi connectivity index (χ2n) is 3.26. The van der Waals surface area contributed by atoms with Gasteiger partial charge in [-0.2, -0.15) is 0 Å². The van der Waals surface area contributed by atoms with Crippen LogP contribution < -0.4 is 5.32 Å². The van der Waals surface area contributed by atoms with E-state index < -0.39 is 0 Å². The fourth-order valence-corrected chi connectivity index (χ4v) is 2.56. The second-order valence-corrected chi connectivity index (χ2v) is 4.74. The highest BCUT2D eigenvalue weighted by atomic mass is 32.2. The number of thioether (sulfide) groups is 1. The van der Waals surface area contributed by atoms with Crippen LogP contribution in [0.1, 0.15) is 13.3 Å². The lowest BCUT2D eigenvalue weighted by Gasteiger charge is -2.07. The highest BCUT2D eigenvalue weighted by Gasteiger charge is 2.15. The molecule has 0 saturated carbocycles. The van der Waals surface area contributed by atoms with Gasteiger partial charge in [0.2, 0.25) is 0 Å². The Balaban J connectivity index is 2.39. The molecule has 1 atom stereocenters.